The average molecular weight is 397 g/mol. The maximum Gasteiger partial charge on any atom is 0.348 e. The average Bonchev–Trinajstić information content (AvgIpc) is 3.23. The summed E-state index contributed by atoms with van der Waals surface area (Å²) in [4.78, 5) is 25.7. The molecule has 0 aliphatic carbocycles. The molecule has 2 heterocycles. The van der Waals surface area contributed by atoms with Crippen molar-refractivity contribution in [1.82, 2.24) is 4.90 Å². The van der Waals surface area contributed by atoms with Gasteiger partial charge < -0.3 is 24.1 Å². The fraction of sp³-hybridized carbons (Fsp3) is 0.579. The highest BCUT2D eigenvalue weighted by atomic mass is 32.3. The second-order valence-corrected chi connectivity index (χ2v) is 10.5. The summed E-state index contributed by atoms with van der Waals surface area (Å²) in [6.07, 6.45) is 5.45. The van der Waals surface area contributed by atoms with E-state index in [9.17, 15) is 14.7 Å². The van der Waals surface area contributed by atoms with Gasteiger partial charge in [-0.2, -0.15) is 0 Å². The molecule has 3 rings (SSSR count). The molecule has 150 valence electrons. The van der Waals surface area contributed by atoms with Crippen molar-refractivity contribution in [3.8, 4) is 17.2 Å². The lowest BCUT2D eigenvalue weighted by atomic mass is 10.1. The zero-order valence-corrected chi connectivity index (χ0v) is 16.8. The number of unbranched alkanes of at least 4 members (excludes halogenated alkanes) is 1. The van der Waals surface area contributed by atoms with Crippen molar-refractivity contribution in [3.05, 3.63) is 17.7 Å². The molecule has 0 amide bonds. The monoisotopic (exact) mass is 397 g/mol. The van der Waals surface area contributed by atoms with Crippen LogP contribution < -0.4 is 14.2 Å². The van der Waals surface area contributed by atoms with Crippen molar-refractivity contribution < 1.29 is 28.9 Å². The molecule has 0 spiro atoms. The number of carbonyl (C=O) groups is 2. The first kappa shape index (κ1) is 19.8. The molecule has 8 heteroatoms. The van der Waals surface area contributed by atoms with Crippen LogP contribution in [0.1, 0.15) is 37.0 Å². The molecule has 2 aliphatic rings. The predicted octanol–water partition coefficient (Wildman–Crippen LogP) is 3.61. The number of fused-ring (bicyclic) bond motifs is 1. The predicted molar refractivity (Wildman–Crippen MR) is 104 cm³/mol. The highest BCUT2D eigenvalue weighted by Gasteiger charge is 2.52. The lowest BCUT2D eigenvalue weighted by molar-refractivity contribution is -0.108. The summed E-state index contributed by atoms with van der Waals surface area (Å²) in [7, 11) is -0.552. The first-order valence-corrected chi connectivity index (χ1v) is 11.3. The van der Waals surface area contributed by atoms with Gasteiger partial charge in [0.1, 0.15) is 6.29 Å². The lowest BCUT2D eigenvalue weighted by Crippen LogP contribution is -2.34. The Kier molecular flexibility index (Phi) is 5.86. The third kappa shape index (κ3) is 3.36. The Balaban J connectivity index is 2.05. The molecule has 0 radical (unpaired) electrons. The number of ether oxygens (including phenoxy) is 3. The molecule has 0 saturated carbocycles. The SMILES string of the molecule is CCCCC1N(CC=O)CC(c2cc(OC)c3c(c2)OCO3)S1(C)C(=O)O. The fourth-order valence-electron chi connectivity index (χ4n) is 4.04. The third-order valence-corrected chi connectivity index (χ3v) is 9.53. The largest absolute Gasteiger partial charge is 0.493 e. The van der Waals surface area contributed by atoms with Crippen molar-refractivity contribution in [3.63, 3.8) is 0 Å². The first-order valence-electron chi connectivity index (χ1n) is 9.11. The normalized spacial score (nSPS) is 29.3. The van der Waals surface area contributed by atoms with Crippen LogP contribution in [-0.2, 0) is 4.79 Å². The molecule has 3 atom stereocenters. The number of hydrogen-bond donors (Lipinski definition) is 1. The minimum absolute atomic E-state index is 0.124. The van der Waals surface area contributed by atoms with Crippen molar-refractivity contribution in [1.29, 1.82) is 0 Å². The van der Waals surface area contributed by atoms with Gasteiger partial charge in [0.05, 0.1) is 19.0 Å². The van der Waals surface area contributed by atoms with E-state index in [4.69, 9.17) is 14.2 Å². The number of aldehydes is 1. The summed E-state index contributed by atoms with van der Waals surface area (Å²) < 4.78 is 16.4. The number of carbonyl (C=O) groups excluding carboxylic acids is 1. The Hall–Kier alpha value is -1.93. The van der Waals surface area contributed by atoms with Gasteiger partial charge in [-0.3, -0.25) is 4.90 Å². The van der Waals surface area contributed by atoms with Crippen LogP contribution in [-0.4, -0.2) is 60.2 Å². The topological polar surface area (TPSA) is 85.3 Å². The number of benzene rings is 1. The van der Waals surface area contributed by atoms with E-state index in [0.717, 1.165) is 31.1 Å². The Morgan fingerprint density at radius 3 is 2.85 bits per heavy atom. The summed E-state index contributed by atoms with van der Waals surface area (Å²) in [5, 5.41) is 9.12. The molecule has 1 aromatic rings. The molecule has 3 unspecified atom stereocenters. The minimum Gasteiger partial charge on any atom is -0.493 e. The summed E-state index contributed by atoms with van der Waals surface area (Å²) in [5.41, 5.74) is 0.867. The molecule has 1 aromatic carbocycles. The van der Waals surface area contributed by atoms with E-state index < -0.39 is 15.3 Å². The summed E-state index contributed by atoms with van der Waals surface area (Å²) in [6, 6.07) is 3.72. The van der Waals surface area contributed by atoms with Gasteiger partial charge in [-0.05, 0) is 30.4 Å². The van der Waals surface area contributed by atoms with Crippen LogP contribution in [0.2, 0.25) is 0 Å². The maximum absolute atomic E-state index is 12.5. The van der Waals surface area contributed by atoms with Gasteiger partial charge in [0.15, 0.2) is 11.5 Å². The molecular weight excluding hydrogens is 370 g/mol. The molecule has 0 bridgehead atoms. The van der Waals surface area contributed by atoms with Crippen LogP contribution >= 0.6 is 10.0 Å². The van der Waals surface area contributed by atoms with Crippen molar-refractivity contribution in [2.75, 3.05) is 33.2 Å². The number of methoxy groups -OCH3 is 1. The van der Waals surface area contributed by atoms with Gasteiger partial charge in [0.25, 0.3) is 0 Å². The van der Waals surface area contributed by atoms with E-state index in [0.29, 0.717) is 23.8 Å². The van der Waals surface area contributed by atoms with Gasteiger partial charge in [0, 0.05) is 11.8 Å². The van der Waals surface area contributed by atoms with E-state index in [1.165, 1.54) is 0 Å². The first-order chi connectivity index (χ1) is 13.0. The number of carboxylic acid groups (broad SMARTS) is 1. The highest BCUT2D eigenvalue weighted by molar-refractivity contribution is 8.45. The molecule has 2 aliphatic heterocycles. The molecule has 1 saturated heterocycles. The van der Waals surface area contributed by atoms with Crippen LogP contribution in [0.15, 0.2) is 12.1 Å². The summed E-state index contributed by atoms with van der Waals surface area (Å²) in [6.45, 7) is 3.00. The Morgan fingerprint density at radius 1 is 1.44 bits per heavy atom. The van der Waals surface area contributed by atoms with Crippen molar-refractivity contribution >= 4 is 21.6 Å². The highest BCUT2D eigenvalue weighted by Crippen LogP contribution is 2.68. The number of nitrogens with zero attached hydrogens (tertiary/aromatic N) is 1. The van der Waals surface area contributed by atoms with Gasteiger partial charge in [-0.15, -0.1) is 10.0 Å². The Labute approximate surface area is 160 Å². The Bertz CT molecular complexity index is 726. The number of rotatable bonds is 7. The van der Waals surface area contributed by atoms with Crippen LogP contribution in [0.4, 0.5) is 4.79 Å². The fourth-order valence-corrected chi connectivity index (χ4v) is 7.55. The molecule has 27 heavy (non-hydrogen) atoms. The van der Waals surface area contributed by atoms with E-state index >= 15 is 0 Å². The van der Waals surface area contributed by atoms with Gasteiger partial charge in [-0.25, -0.2) is 4.79 Å². The van der Waals surface area contributed by atoms with Crippen LogP contribution in [0, 0.1) is 0 Å². The molecular formula is C19H27NO6S. The number of hydrogen-bond acceptors (Lipinski definition) is 6. The zero-order chi connectivity index (χ0) is 19.6. The van der Waals surface area contributed by atoms with Gasteiger partial charge in [0.2, 0.25) is 12.5 Å². The molecule has 1 fully saturated rings. The van der Waals surface area contributed by atoms with Crippen LogP contribution in [0.3, 0.4) is 0 Å². The van der Waals surface area contributed by atoms with E-state index in [2.05, 4.69) is 6.92 Å². The third-order valence-electron chi connectivity index (χ3n) is 5.51. The lowest BCUT2D eigenvalue weighted by Gasteiger charge is -2.39. The minimum atomic E-state index is -2.11. The maximum atomic E-state index is 12.5. The van der Waals surface area contributed by atoms with Crippen molar-refractivity contribution in [2.45, 2.75) is 36.8 Å². The Morgan fingerprint density at radius 2 is 2.22 bits per heavy atom. The summed E-state index contributed by atoms with van der Waals surface area (Å²) in [5.74, 6) is 1.68. The van der Waals surface area contributed by atoms with Crippen LogP contribution in [0.5, 0.6) is 17.2 Å². The van der Waals surface area contributed by atoms with Gasteiger partial charge in [-0.1, -0.05) is 19.8 Å². The van der Waals surface area contributed by atoms with Crippen molar-refractivity contribution in [2.24, 2.45) is 0 Å². The quantitative estimate of drug-likeness (QED) is 0.704. The van der Waals surface area contributed by atoms with E-state index in [-0.39, 0.29) is 24.0 Å². The van der Waals surface area contributed by atoms with E-state index in [1.807, 2.05) is 23.3 Å². The zero-order valence-electron chi connectivity index (χ0n) is 16.0. The molecule has 7 nitrogen and oxygen atoms in total. The van der Waals surface area contributed by atoms with Crippen LogP contribution in [0.25, 0.3) is 0 Å². The van der Waals surface area contributed by atoms with Gasteiger partial charge >= 0.3 is 5.30 Å². The molecule has 1 N–H and O–H groups in total. The van der Waals surface area contributed by atoms with E-state index in [1.54, 1.807) is 7.11 Å². The second kappa shape index (κ2) is 7.98. The molecule has 0 aromatic heterocycles. The standard InChI is InChI=1S/C19H27NO6S/c1-4-5-6-17-20(7-8-21)11-16(27(17,3)19(22)23)13-9-14(24-2)18-15(10-13)25-12-26-18/h8-10,16-17H,4-7,11-12H2,1-3H3,(H,22,23). The smallest absolute Gasteiger partial charge is 0.348 e. The second-order valence-electron chi connectivity index (χ2n) is 6.98. The summed E-state index contributed by atoms with van der Waals surface area (Å²) >= 11 is 0.